The number of para-hydroxylation sites is 4. The minimum atomic E-state index is 0.474. The summed E-state index contributed by atoms with van der Waals surface area (Å²) in [6.07, 6.45) is 3.61. The first-order chi connectivity index (χ1) is 26.2. The number of rotatable bonds is 3. The number of aromatic nitrogens is 3. The van der Waals surface area contributed by atoms with Crippen LogP contribution in [0.5, 0.6) is 23.0 Å². The number of pyridine rings is 1. The Hall–Kier alpha value is -7.04. The second kappa shape index (κ2) is 9.84. The highest BCUT2D eigenvalue weighted by Gasteiger charge is 2.44. The van der Waals surface area contributed by atoms with Gasteiger partial charge in [-0.05, 0) is 90.0 Å². The monoisotopic (exact) mass is 704 g/mol. The van der Waals surface area contributed by atoms with E-state index in [0.29, 0.717) is 45.9 Å². The number of hydrogen-bond acceptors (Lipinski definition) is 10. The Kier molecular flexibility index (Phi) is 5.14. The van der Waals surface area contributed by atoms with Gasteiger partial charge in [0.25, 0.3) is 0 Å². The largest absolute Gasteiger partial charge is 0.453 e. The zero-order valence-corrected chi connectivity index (χ0v) is 28.1. The molecule has 6 aromatic carbocycles. The van der Waals surface area contributed by atoms with Gasteiger partial charge in [-0.25, -0.2) is 9.97 Å². The van der Waals surface area contributed by atoms with Gasteiger partial charge >= 0.3 is 0 Å². The van der Waals surface area contributed by atoms with Gasteiger partial charge in [-0.3, -0.25) is 9.88 Å². The molecule has 13 rings (SSSR count). The Balaban J connectivity index is 1.09. The van der Waals surface area contributed by atoms with E-state index in [4.69, 9.17) is 32.7 Å². The predicted octanol–water partition coefficient (Wildman–Crippen LogP) is 12.4. The van der Waals surface area contributed by atoms with Crippen LogP contribution in [-0.4, -0.2) is 15.0 Å². The van der Waals surface area contributed by atoms with E-state index in [0.717, 1.165) is 82.1 Å². The lowest BCUT2D eigenvalue weighted by Crippen LogP contribution is -2.24. The molecule has 10 aromatic rings. The van der Waals surface area contributed by atoms with E-state index in [1.807, 2.05) is 91.0 Å². The van der Waals surface area contributed by atoms with Crippen LogP contribution in [0.4, 0.5) is 17.1 Å². The molecule has 53 heavy (non-hydrogen) atoms. The van der Waals surface area contributed by atoms with E-state index >= 15 is 0 Å². The van der Waals surface area contributed by atoms with E-state index in [1.165, 1.54) is 0 Å². The second-order valence-electron chi connectivity index (χ2n) is 13.2. The van der Waals surface area contributed by atoms with E-state index in [9.17, 15) is 0 Å². The molecule has 0 spiro atoms. The van der Waals surface area contributed by atoms with Crippen molar-refractivity contribution < 1.29 is 22.7 Å². The summed E-state index contributed by atoms with van der Waals surface area (Å²) in [6.45, 7) is 0. The lowest BCUT2D eigenvalue weighted by Gasteiger charge is -2.42. The molecule has 3 aliphatic heterocycles. The van der Waals surface area contributed by atoms with Crippen LogP contribution >= 0.6 is 11.8 Å². The van der Waals surface area contributed by atoms with Crippen LogP contribution < -0.4 is 14.4 Å². The molecular weight excluding hydrogens is 685 g/mol. The van der Waals surface area contributed by atoms with Crippen molar-refractivity contribution in [3.63, 3.8) is 0 Å². The lowest BCUT2D eigenvalue weighted by atomic mass is 10.0. The number of benzene rings is 6. The zero-order chi connectivity index (χ0) is 34.4. The van der Waals surface area contributed by atoms with E-state index < -0.39 is 0 Å². The SMILES string of the molecule is c1ccc2oc(-c3cc4c5c(c3)Oc3c6c(cc7c3oc3ccc(-c8ccncc8)cc37)Sc3c(-c7nc8ccccc8o7)ccc(c3N56)O4)nc2c1. The summed E-state index contributed by atoms with van der Waals surface area (Å²) in [6, 6.07) is 36.0. The van der Waals surface area contributed by atoms with Gasteiger partial charge in [0, 0.05) is 33.6 Å². The first-order valence-electron chi connectivity index (χ1n) is 17.1. The zero-order valence-electron chi connectivity index (χ0n) is 27.3. The molecule has 0 bridgehead atoms. The maximum absolute atomic E-state index is 6.96. The van der Waals surface area contributed by atoms with Gasteiger partial charge in [-0.1, -0.05) is 42.1 Å². The predicted molar refractivity (Wildman–Crippen MR) is 202 cm³/mol. The smallest absolute Gasteiger partial charge is 0.228 e. The fourth-order valence-corrected chi connectivity index (χ4v) is 9.04. The number of nitrogens with zero attached hydrogens (tertiary/aromatic N) is 4. The highest BCUT2D eigenvalue weighted by molar-refractivity contribution is 8.00. The van der Waals surface area contributed by atoms with Crippen LogP contribution in [-0.2, 0) is 0 Å². The summed E-state index contributed by atoms with van der Waals surface area (Å²) in [5, 5.41) is 1.94. The van der Waals surface area contributed by atoms with E-state index in [1.54, 1.807) is 24.2 Å². The molecule has 0 radical (unpaired) electrons. The highest BCUT2D eigenvalue weighted by atomic mass is 32.2. The van der Waals surface area contributed by atoms with Gasteiger partial charge in [-0.2, -0.15) is 0 Å². The quantitative estimate of drug-likeness (QED) is 0.177. The van der Waals surface area contributed by atoms with Crippen molar-refractivity contribution in [1.82, 2.24) is 15.0 Å². The Morgan fingerprint density at radius 3 is 2.09 bits per heavy atom. The lowest BCUT2D eigenvalue weighted by molar-refractivity contribution is 0.440. The molecule has 0 saturated heterocycles. The summed E-state index contributed by atoms with van der Waals surface area (Å²) in [5.74, 6) is 3.57. The van der Waals surface area contributed by atoms with Gasteiger partial charge < -0.3 is 22.7 Å². The maximum atomic E-state index is 6.96. The molecule has 0 fully saturated rings. The number of ether oxygens (including phenoxy) is 2. The fourth-order valence-electron chi connectivity index (χ4n) is 7.81. The summed E-state index contributed by atoms with van der Waals surface area (Å²) >= 11 is 1.65. The number of furan rings is 1. The van der Waals surface area contributed by atoms with Crippen molar-refractivity contribution in [3.05, 3.63) is 122 Å². The topological polar surface area (TPSA) is 99.8 Å². The number of hydrogen-bond donors (Lipinski definition) is 0. The summed E-state index contributed by atoms with van der Waals surface area (Å²) < 4.78 is 33.0. The second-order valence-corrected chi connectivity index (χ2v) is 14.3. The minimum Gasteiger partial charge on any atom is -0.453 e. The molecule has 0 atom stereocenters. The summed E-state index contributed by atoms with van der Waals surface area (Å²) in [7, 11) is 0. The van der Waals surface area contributed by atoms with Gasteiger partial charge in [0.05, 0.1) is 10.5 Å². The van der Waals surface area contributed by atoms with Crippen molar-refractivity contribution in [1.29, 1.82) is 0 Å². The Morgan fingerprint density at radius 1 is 0.528 bits per heavy atom. The van der Waals surface area contributed by atoms with Crippen LogP contribution in [0, 0.1) is 0 Å². The molecule has 9 nitrogen and oxygen atoms in total. The minimum absolute atomic E-state index is 0.474. The number of fused-ring (bicyclic) bond motifs is 6. The molecule has 0 saturated carbocycles. The molecule has 0 N–H and O–H groups in total. The average molecular weight is 705 g/mol. The maximum Gasteiger partial charge on any atom is 0.228 e. The van der Waals surface area contributed by atoms with Crippen LogP contribution in [0.15, 0.2) is 145 Å². The van der Waals surface area contributed by atoms with Crippen LogP contribution in [0.1, 0.15) is 0 Å². The molecule has 0 unspecified atom stereocenters. The third kappa shape index (κ3) is 3.74. The Bertz CT molecular complexity index is 3170. The van der Waals surface area contributed by atoms with Crippen molar-refractivity contribution in [3.8, 4) is 57.0 Å². The van der Waals surface area contributed by atoms with Crippen molar-refractivity contribution in [2.24, 2.45) is 0 Å². The van der Waals surface area contributed by atoms with Crippen LogP contribution in [0.3, 0.4) is 0 Å². The van der Waals surface area contributed by atoms with E-state index in [-0.39, 0.29) is 0 Å². The molecule has 0 aliphatic carbocycles. The Labute approximate surface area is 303 Å². The third-order valence-corrected chi connectivity index (χ3v) is 11.3. The average Bonchev–Trinajstić information content (AvgIpc) is 3.93. The first kappa shape index (κ1) is 27.7. The van der Waals surface area contributed by atoms with Crippen LogP contribution in [0.25, 0.3) is 78.2 Å². The molecule has 4 aromatic heterocycles. The molecule has 248 valence electrons. The molecule has 0 amide bonds. The number of anilines is 3. The number of oxazole rings is 2. The first-order valence-corrected chi connectivity index (χ1v) is 17.9. The van der Waals surface area contributed by atoms with E-state index in [2.05, 4.69) is 28.1 Å². The molecular formula is C43H20N4O5S. The molecule has 3 aliphatic rings. The standard InChI is InChI=1S/C43H20N4O5S/c1-3-7-30-27(5-1)45-42(51-30)23-18-33-36-34(19-23)50-40-38-35(20-26-25-17-22(21-13-15-44-16-14-21)9-11-29(25)49-39(26)40)53-41-24(10-12-32(48-33)37(41)47(36)38)43-46-28-6-2-4-8-31(28)52-43/h1-20H. The summed E-state index contributed by atoms with van der Waals surface area (Å²) in [4.78, 5) is 18.1. The fraction of sp³-hybridized carbons (Fsp3) is 0. The molecule has 10 heteroatoms. The van der Waals surface area contributed by atoms with Crippen molar-refractivity contribution in [2.45, 2.75) is 9.79 Å². The van der Waals surface area contributed by atoms with Gasteiger partial charge in [-0.15, -0.1) is 0 Å². The molecule has 7 heterocycles. The van der Waals surface area contributed by atoms with Crippen molar-refractivity contribution >= 4 is 73.0 Å². The van der Waals surface area contributed by atoms with Gasteiger partial charge in [0.15, 0.2) is 39.7 Å². The Morgan fingerprint density at radius 2 is 1.28 bits per heavy atom. The highest BCUT2D eigenvalue weighted by Crippen LogP contribution is 2.69. The van der Waals surface area contributed by atoms with Crippen LogP contribution in [0.2, 0.25) is 0 Å². The summed E-state index contributed by atoms with van der Waals surface area (Å²) in [5.41, 5.74) is 10.8. The normalized spacial score (nSPS) is 13.5. The van der Waals surface area contributed by atoms with Gasteiger partial charge in [0.2, 0.25) is 11.8 Å². The van der Waals surface area contributed by atoms with Gasteiger partial charge in [0.1, 0.15) is 33.7 Å². The third-order valence-electron chi connectivity index (χ3n) is 10.2. The van der Waals surface area contributed by atoms with Crippen molar-refractivity contribution in [2.75, 3.05) is 4.90 Å².